The van der Waals surface area contributed by atoms with E-state index < -0.39 is 0 Å². The molecule has 0 spiro atoms. The number of hydrazone groups is 1. The predicted molar refractivity (Wildman–Crippen MR) is 70.1 cm³/mol. The molecule has 0 fully saturated rings. The van der Waals surface area contributed by atoms with Crippen LogP contribution in [0.3, 0.4) is 0 Å². The Hall–Kier alpha value is -2.96. The number of phenolic OH excluding ortho intramolecular Hbond substituents is 1. The fourth-order valence-electron chi connectivity index (χ4n) is 1.55. The molecule has 94 valence electrons. The van der Waals surface area contributed by atoms with Crippen LogP contribution in [-0.4, -0.2) is 31.1 Å². The molecule has 0 bridgehead atoms. The van der Waals surface area contributed by atoms with Crippen LogP contribution in [0.15, 0.2) is 47.8 Å². The van der Waals surface area contributed by atoms with Gasteiger partial charge in [-0.3, -0.25) is 5.43 Å². The van der Waals surface area contributed by atoms with E-state index in [0.717, 1.165) is 0 Å². The molecule has 0 aliphatic carbocycles. The molecule has 0 unspecified atom stereocenters. The van der Waals surface area contributed by atoms with Crippen molar-refractivity contribution in [2.75, 3.05) is 5.43 Å². The third-order valence-electron chi connectivity index (χ3n) is 2.48. The van der Waals surface area contributed by atoms with Gasteiger partial charge in [-0.1, -0.05) is 12.1 Å². The lowest BCUT2D eigenvalue weighted by molar-refractivity contribution is 0.474. The molecule has 0 saturated heterocycles. The predicted octanol–water partition coefficient (Wildman–Crippen LogP) is 1.28. The van der Waals surface area contributed by atoms with Crippen LogP contribution in [-0.2, 0) is 0 Å². The molecule has 0 amide bonds. The van der Waals surface area contributed by atoms with Crippen LogP contribution in [0.4, 0.5) is 5.82 Å². The van der Waals surface area contributed by atoms with Gasteiger partial charge in [-0.25, -0.2) is 0 Å². The van der Waals surface area contributed by atoms with Crippen molar-refractivity contribution in [2.24, 2.45) is 5.10 Å². The van der Waals surface area contributed by atoms with Crippen LogP contribution in [0, 0.1) is 0 Å². The number of phenols is 1. The van der Waals surface area contributed by atoms with E-state index in [9.17, 15) is 5.11 Å². The van der Waals surface area contributed by atoms with Crippen LogP contribution in [0.25, 0.3) is 5.65 Å². The monoisotopic (exact) mass is 254 g/mol. The Morgan fingerprint density at radius 1 is 1.21 bits per heavy atom. The van der Waals surface area contributed by atoms with Crippen molar-refractivity contribution < 1.29 is 5.11 Å². The van der Waals surface area contributed by atoms with E-state index >= 15 is 0 Å². The van der Waals surface area contributed by atoms with Crippen molar-refractivity contribution in [3.8, 4) is 5.75 Å². The van der Waals surface area contributed by atoms with Crippen molar-refractivity contribution in [1.29, 1.82) is 0 Å². The number of nitrogens with one attached hydrogen (secondary N) is 1. The minimum Gasteiger partial charge on any atom is -0.507 e. The van der Waals surface area contributed by atoms with Gasteiger partial charge in [0.15, 0.2) is 11.5 Å². The zero-order valence-electron chi connectivity index (χ0n) is 9.80. The summed E-state index contributed by atoms with van der Waals surface area (Å²) in [7, 11) is 0. The smallest absolute Gasteiger partial charge is 0.177 e. The Kier molecular flexibility index (Phi) is 2.77. The van der Waals surface area contributed by atoms with Gasteiger partial charge in [0.1, 0.15) is 12.1 Å². The Morgan fingerprint density at radius 3 is 3.00 bits per heavy atom. The van der Waals surface area contributed by atoms with Crippen LogP contribution in [0.2, 0.25) is 0 Å². The maximum atomic E-state index is 9.57. The highest BCUT2D eigenvalue weighted by Gasteiger charge is 1.98. The van der Waals surface area contributed by atoms with Crippen molar-refractivity contribution in [3.05, 3.63) is 48.3 Å². The average molecular weight is 254 g/mol. The summed E-state index contributed by atoms with van der Waals surface area (Å²) in [6, 6.07) is 10.5. The normalized spacial score (nSPS) is 11.2. The lowest BCUT2D eigenvalue weighted by Crippen LogP contribution is -1.98. The Morgan fingerprint density at radius 2 is 2.11 bits per heavy atom. The van der Waals surface area contributed by atoms with Crippen molar-refractivity contribution in [1.82, 2.24) is 19.8 Å². The topological polar surface area (TPSA) is 87.7 Å². The standard InChI is InChI=1S/C12H10N6O/c19-10-4-2-1-3-9(10)7-13-15-11-5-6-12-16-14-8-18(12)17-11/h1-8,19H,(H,15,17)/b13-7+. The molecule has 0 saturated carbocycles. The zero-order chi connectivity index (χ0) is 13.1. The molecule has 7 heteroatoms. The van der Waals surface area contributed by atoms with Gasteiger partial charge in [0, 0.05) is 5.56 Å². The molecule has 2 aromatic heterocycles. The summed E-state index contributed by atoms with van der Waals surface area (Å²) in [6.07, 6.45) is 3.03. The fraction of sp³-hybridized carbons (Fsp3) is 0. The van der Waals surface area contributed by atoms with Crippen molar-refractivity contribution in [2.45, 2.75) is 0 Å². The minimum atomic E-state index is 0.176. The number of anilines is 1. The number of para-hydroxylation sites is 1. The summed E-state index contributed by atoms with van der Waals surface area (Å²) in [4.78, 5) is 0. The van der Waals surface area contributed by atoms with E-state index in [4.69, 9.17) is 0 Å². The number of fused-ring (bicyclic) bond motifs is 1. The summed E-state index contributed by atoms with van der Waals surface area (Å²) in [5.41, 5.74) is 4.06. The highest BCUT2D eigenvalue weighted by molar-refractivity contribution is 5.83. The lowest BCUT2D eigenvalue weighted by Gasteiger charge is -2.00. The molecular weight excluding hydrogens is 244 g/mol. The second-order valence-corrected chi connectivity index (χ2v) is 3.78. The van der Waals surface area contributed by atoms with Crippen LogP contribution in [0.5, 0.6) is 5.75 Å². The molecule has 0 aliphatic rings. The molecule has 0 atom stereocenters. The first kappa shape index (κ1) is 11.1. The maximum absolute atomic E-state index is 9.57. The summed E-state index contributed by atoms with van der Waals surface area (Å²) >= 11 is 0. The van der Waals surface area contributed by atoms with Gasteiger partial charge >= 0.3 is 0 Å². The molecule has 3 aromatic rings. The second kappa shape index (κ2) is 4.73. The van der Waals surface area contributed by atoms with E-state index in [1.165, 1.54) is 17.1 Å². The third-order valence-corrected chi connectivity index (χ3v) is 2.48. The number of hydrogen-bond acceptors (Lipinski definition) is 6. The average Bonchev–Trinajstić information content (AvgIpc) is 2.88. The van der Waals surface area contributed by atoms with E-state index in [2.05, 4.69) is 25.8 Å². The van der Waals surface area contributed by atoms with Gasteiger partial charge in [-0.15, -0.1) is 15.3 Å². The van der Waals surface area contributed by atoms with E-state index in [-0.39, 0.29) is 5.75 Å². The third kappa shape index (κ3) is 2.34. The number of rotatable bonds is 3. The summed E-state index contributed by atoms with van der Waals surface area (Å²) in [6.45, 7) is 0. The summed E-state index contributed by atoms with van der Waals surface area (Å²) < 4.78 is 1.54. The van der Waals surface area contributed by atoms with E-state index in [1.807, 2.05) is 6.07 Å². The van der Waals surface area contributed by atoms with Crippen LogP contribution < -0.4 is 5.43 Å². The Bertz CT molecular complexity index is 736. The van der Waals surface area contributed by atoms with Crippen LogP contribution in [0.1, 0.15) is 5.56 Å². The maximum Gasteiger partial charge on any atom is 0.177 e. The van der Waals surface area contributed by atoms with Gasteiger partial charge in [-0.2, -0.15) is 9.62 Å². The number of hydrogen-bond donors (Lipinski definition) is 2. The molecule has 2 N–H and O–H groups in total. The van der Waals surface area contributed by atoms with E-state index in [1.54, 1.807) is 30.3 Å². The number of aromatic hydroxyl groups is 1. The first-order chi connectivity index (χ1) is 9.33. The molecule has 19 heavy (non-hydrogen) atoms. The van der Waals surface area contributed by atoms with Gasteiger partial charge in [0.2, 0.25) is 0 Å². The number of aromatic nitrogens is 4. The second-order valence-electron chi connectivity index (χ2n) is 3.78. The quantitative estimate of drug-likeness (QED) is 0.543. The first-order valence-corrected chi connectivity index (χ1v) is 5.57. The fourth-order valence-corrected chi connectivity index (χ4v) is 1.55. The molecule has 1 aromatic carbocycles. The molecule has 7 nitrogen and oxygen atoms in total. The molecule has 0 radical (unpaired) electrons. The van der Waals surface area contributed by atoms with Gasteiger partial charge in [0.05, 0.1) is 6.21 Å². The van der Waals surface area contributed by atoms with Gasteiger partial charge < -0.3 is 5.11 Å². The van der Waals surface area contributed by atoms with Gasteiger partial charge in [0.25, 0.3) is 0 Å². The van der Waals surface area contributed by atoms with Crippen molar-refractivity contribution >= 4 is 17.7 Å². The summed E-state index contributed by atoms with van der Waals surface area (Å²) in [5.74, 6) is 0.731. The Labute approximate surface area is 108 Å². The van der Waals surface area contributed by atoms with Crippen molar-refractivity contribution in [3.63, 3.8) is 0 Å². The molecule has 3 rings (SSSR count). The molecular formula is C12H10N6O. The molecule has 0 aliphatic heterocycles. The molecule has 2 heterocycles. The first-order valence-electron chi connectivity index (χ1n) is 5.57. The Balaban J connectivity index is 1.76. The highest BCUT2D eigenvalue weighted by atomic mass is 16.3. The lowest BCUT2D eigenvalue weighted by atomic mass is 10.2. The van der Waals surface area contributed by atoms with Crippen LogP contribution >= 0.6 is 0 Å². The zero-order valence-corrected chi connectivity index (χ0v) is 9.80. The van der Waals surface area contributed by atoms with Gasteiger partial charge in [-0.05, 0) is 24.3 Å². The minimum absolute atomic E-state index is 0.176. The highest BCUT2D eigenvalue weighted by Crippen LogP contribution is 2.12. The largest absolute Gasteiger partial charge is 0.507 e. The van der Waals surface area contributed by atoms with E-state index in [0.29, 0.717) is 17.0 Å². The number of benzene rings is 1. The SMILES string of the molecule is Oc1ccccc1/C=N/Nc1ccc2nncn2n1. The number of nitrogens with zero attached hydrogens (tertiary/aromatic N) is 5. The summed E-state index contributed by atoms with van der Waals surface area (Å²) in [5, 5.41) is 25.4.